The minimum atomic E-state index is -0.473. The van der Waals surface area contributed by atoms with Crippen molar-refractivity contribution in [3.63, 3.8) is 0 Å². The maximum atomic E-state index is 11.0. The Labute approximate surface area is 114 Å². The van der Waals surface area contributed by atoms with Gasteiger partial charge in [-0.1, -0.05) is 37.6 Å². The fourth-order valence-electron chi connectivity index (χ4n) is 1.78. The molecular formula is C12H13ClN4O2. The Morgan fingerprint density at radius 3 is 2.58 bits per heavy atom. The number of hydrogen-bond donors (Lipinski definition) is 1. The van der Waals surface area contributed by atoms with Gasteiger partial charge >= 0.3 is 0 Å². The van der Waals surface area contributed by atoms with Crippen molar-refractivity contribution < 1.29 is 4.92 Å². The van der Waals surface area contributed by atoms with Crippen molar-refractivity contribution >= 4 is 23.1 Å². The summed E-state index contributed by atoms with van der Waals surface area (Å²) in [5.74, 6) is 0.290. The highest BCUT2D eigenvalue weighted by atomic mass is 35.5. The molecule has 0 bridgehead atoms. The number of benzene rings is 1. The number of anilines is 1. The van der Waals surface area contributed by atoms with Gasteiger partial charge in [-0.25, -0.2) is 4.68 Å². The molecule has 2 aromatic rings. The number of halogens is 1. The molecule has 0 saturated carbocycles. The van der Waals surface area contributed by atoms with Gasteiger partial charge in [0.2, 0.25) is 0 Å². The summed E-state index contributed by atoms with van der Waals surface area (Å²) in [6.45, 7) is 3.86. The molecule has 0 aliphatic carbocycles. The zero-order valence-electron chi connectivity index (χ0n) is 10.5. The van der Waals surface area contributed by atoms with E-state index in [1.165, 1.54) is 10.7 Å². The summed E-state index contributed by atoms with van der Waals surface area (Å²) < 4.78 is 1.32. The minimum Gasteiger partial charge on any atom is -0.382 e. The number of nitro groups is 1. The van der Waals surface area contributed by atoms with Crippen LogP contribution in [0.15, 0.2) is 24.3 Å². The van der Waals surface area contributed by atoms with Crippen LogP contribution in [-0.4, -0.2) is 14.7 Å². The van der Waals surface area contributed by atoms with E-state index in [-0.39, 0.29) is 17.4 Å². The van der Waals surface area contributed by atoms with E-state index in [1.54, 1.807) is 18.2 Å². The molecule has 0 aliphatic heterocycles. The topological polar surface area (TPSA) is 87.0 Å². The van der Waals surface area contributed by atoms with Crippen LogP contribution in [0.25, 0.3) is 5.69 Å². The van der Waals surface area contributed by atoms with Crippen molar-refractivity contribution in [2.45, 2.75) is 19.8 Å². The van der Waals surface area contributed by atoms with Gasteiger partial charge in [-0.05, 0) is 12.0 Å². The molecule has 2 rings (SSSR count). The SMILES string of the molecule is CC(C)c1nn(-c2ccccc2[N+](=O)[O-])c(N)c1Cl. The lowest BCUT2D eigenvalue weighted by Gasteiger charge is -2.04. The largest absolute Gasteiger partial charge is 0.382 e. The molecule has 0 amide bonds. The maximum absolute atomic E-state index is 11.0. The first-order valence-electron chi connectivity index (χ1n) is 5.71. The van der Waals surface area contributed by atoms with Crippen LogP contribution in [-0.2, 0) is 0 Å². The van der Waals surface area contributed by atoms with Crippen LogP contribution in [0.5, 0.6) is 0 Å². The first kappa shape index (κ1) is 13.4. The Morgan fingerprint density at radius 2 is 2.05 bits per heavy atom. The molecule has 0 aliphatic rings. The van der Waals surface area contributed by atoms with Gasteiger partial charge in [0, 0.05) is 6.07 Å². The molecule has 6 nitrogen and oxygen atoms in total. The van der Waals surface area contributed by atoms with Crippen LogP contribution in [0.4, 0.5) is 11.5 Å². The van der Waals surface area contributed by atoms with Crippen molar-refractivity contribution in [3.8, 4) is 5.69 Å². The van der Waals surface area contributed by atoms with Crippen molar-refractivity contribution in [1.29, 1.82) is 0 Å². The van der Waals surface area contributed by atoms with Crippen molar-refractivity contribution in [2.24, 2.45) is 0 Å². The summed E-state index contributed by atoms with van der Waals surface area (Å²) in [7, 11) is 0. The van der Waals surface area contributed by atoms with Gasteiger partial charge in [-0.2, -0.15) is 5.10 Å². The molecule has 7 heteroatoms. The lowest BCUT2D eigenvalue weighted by atomic mass is 10.1. The Balaban J connectivity index is 2.66. The van der Waals surface area contributed by atoms with E-state index >= 15 is 0 Å². The van der Waals surface area contributed by atoms with Crippen LogP contribution in [0, 0.1) is 10.1 Å². The van der Waals surface area contributed by atoms with Crippen LogP contribution >= 0.6 is 11.6 Å². The fourth-order valence-corrected chi connectivity index (χ4v) is 2.12. The number of para-hydroxylation sites is 2. The minimum absolute atomic E-state index is 0.0660. The standard InChI is InChI=1S/C12H13ClN4O2/c1-7(2)11-10(13)12(14)16(15-11)8-5-3-4-6-9(8)17(18)19/h3-7H,14H2,1-2H3. The van der Waals surface area contributed by atoms with Crippen molar-refractivity contribution in [1.82, 2.24) is 9.78 Å². The second-order valence-corrected chi connectivity index (χ2v) is 4.77. The number of nitrogens with zero attached hydrogens (tertiary/aromatic N) is 3. The summed E-state index contributed by atoms with van der Waals surface area (Å²) >= 11 is 6.11. The summed E-state index contributed by atoms with van der Waals surface area (Å²) in [6, 6.07) is 6.26. The molecule has 1 heterocycles. The second kappa shape index (κ2) is 4.89. The van der Waals surface area contributed by atoms with E-state index in [0.29, 0.717) is 16.4 Å². The van der Waals surface area contributed by atoms with Gasteiger partial charge in [-0.15, -0.1) is 0 Å². The summed E-state index contributed by atoms with van der Waals surface area (Å²) in [5.41, 5.74) is 6.75. The third-order valence-corrected chi connectivity index (χ3v) is 3.13. The van der Waals surface area contributed by atoms with Gasteiger partial charge in [0.05, 0.1) is 10.6 Å². The number of aromatic nitrogens is 2. The molecule has 19 heavy (non-hydrogen) atoms. The predicted octanol–water partition coefficient (Wildman–Crippen LogP) is 3.14. The number of rotatable bonds is 3. The van der Waals surface area contributed by atoms with Crippen LogP contribution in [0.2, 0.25) is 5.02 Å². The van der Waals surface area contributed by atoms with E-state index in [4.69, 9.17) is 17.3 Å². The molecule has 2 N–H and O–H groups in total. The Hall–Kier alpha value is -2.08. The fraction of sp³-hybridized carbons (Fsp3) is 0.250. The number of nitrogens with two attached hydrogens (primary N) is 1. The third kappa shape index (κ3) is 2.26. The summed E-state index contributed by atoms with van der Waals surface area (Å²) in [5, 5.41) is 15.6. The molecule has 1 aromatic heterocycles. The van der Waals surface area contributed by atoms with Gasteiger partial charge in [0.1, 0.15) is 16.5 Å². The molecule has 0 unspecified atom stereocenters. The van der Waals surface area contributed by atoms with E-state index in [0.717, 1.165) is 0 Å². The maximum Gasteiger partial charge on any atom is 0.294 e. The highest BCUT2D eigenvalue weighted by Crippen LogP contribution is 2.33. The third-order valence-electron chi connectivity index (χ3n) is 2.74. The highest BCUT2D eigenvalue weighted by molar-refractivity contribution is 6.33. The highest BCUT2D eigenvalue weighted by Gasteiger charge is 2.22. The number of nitro benzene ring substituents is 1. The molecule has 1 aromatic carbocycles. The lowest BCUT2D eigenvalue weighted by molar-refractivity contribution is -0.384. The average Bonchev–Trinajstić information content (AvgIpc) is 2.66. The summed E-state index contributed by atoms with van der Waals surface area (Å²) in [4.78, 5) is 10.5. The van der Waals surface area contributed by atoms with Crippen LogP contribution < -0.4 is 5.73 Å². The first-order valence-corrected chi connectivity index (χ1v) is 6.09. The molecular weight excluding hydrogens is 268 g/mol. The second-order valence-electron chi connectivity index (χ2n) is 4.40. The number of nitrogen functional groups attached to an aromatic ring is 1. The van der Waals surface area contributed by atoms with Gasteiger partial charge in [0.25, 0.3) is 5.69 Å². The molecule has 0 spiro atoms. The Kier molecular flexibility index (Phi) is 3.44. The summed E-state index contributed by atoms with van der Waals surface area (Å²) in [6.07, 6.45) is 0. The smallest absolute Gasteiger partial charge is 0.294 e. The predicted molar refractivity (Wildman–Crippen MR) is 73.7 cm³/mol. The van der Waals surface area contributed by atoms with Crippen molar-refractivity contribution in [2.75, 3.05) is 5.73 Å². The van der Waals surface area contributed by atoms with Crippen LogP contribution in [0.3, 0.4) is 0 Å². The monoisotopic (exact) mass is 280 g/mol. The van der Waals surface area contributed by atoms with E-state index in [2.05, 4.69) is 5.10 Å². The first-order chi connectivity index (χ1) is 8.93. The van der Waals surface area contributed by atoms with Crippen LogP contribution in [0.1, 0.15) is 25.5 Å². The van der Waals surface area contributed by atoms with E-state index in [1.807, 2.05) is 13.8 Å². The Morgan fingerprint density at radius 1 is 1.42 bits per heavy atom. The zero-order valence-corrected chi connectivity index (χ0v) is 11.3. The van der Waals surface area contributed by atoms with Crippen molar-refractivity contribution in [3.05, 3.63) is 45.1 Å². The molecule has 0 radical (unpaired) electrons. The lowest BCUT2D eigenvalue weighted by Crippen LogP contribution is -2.05. The Bertz CT molecular complexity index is 637. The van der Waals surface area contributed by atoms with E-state index < -0.39 is 4.92 Å². The average molecular weight is 281 g/mol. The molecule has 0 atom stereocenters. The van der Waals surface area contributed by atoms with Gasteiger partial charge < -0.3 is 5.73 Å². The normalized spacial score (nSPS) is 10.9. The van der Waals surface area contributed by atoms with E-state index in [9.17, 15) is 10.1 Å². The van der Waals surface area contributed by atoms with Gasteiger partial charge in [0.15, 0.2) is 0 Å². The molecule has 100 valence electrons. The molecule has 0 saturated heterocycles. The zero-order chi connectivity index (χ0) is 14.2. The molecule has 0 fully saturated rings. The van der Waals surface area contributed by atoms with Gasteiger partial charge in [-0.3, -0.25) is 10.1 Å². The number of hydrogen-bond acceptors (Lipinski definition) is 4. The quantitative estimate of drug-likeness (QED) is 0.691.